The lowest BCUT2D eigenvalue weighted by molar-refractivity contribution is 0.554. The molecule has 5 heteroatoms. The maximum absolute atomic E-state index is 13.8. The normalized spacial score (nSPS) is 12.1. The summed E-state index contributed by atoms with van der Waals surface area (Å²) in [5.74, 6) is -0.714. The molecular weight excluding hydrogens is 314 g/mol. The van der Waals surface area contributed by atoms with Gasteiger partial charge >= 0.3 is 0 Å². The highest BCUT2D eigenvalue weighted by molar-refractivity contribution is 7.80. The van der Waals surface area contributed by atoms with Crippen LogP contribution in [-0.4, -0.2) is 5.11 Å². The minimum Gasteiger partial charge on any atom is -0.356 e. The predicted molar refractivity (Wildman–Crippen MR) is 94.7 cm³/mol. The predicted octanol–water partition coefficient (Wildman–Crippen LogP) is 5.14. The summed E-state index contributed by atoms with van der Waals surface area (Å²) in [7, 11) is 0. The van der Waals surface area contributed by atoms with Gasteiger partial charge in [0.05, 0.1) is 6.04 Å². The second kappa shape index (κ2) is 7.51. The topological polar surface area (TPSA) is 24.1 Å². The Morgan fingerprint density at radius 2 is 1.65 bits per heavy atom. The minimum atomic E-state index is -0.593. The van der Waals surface area contributed by atoms with Crippen molar-refractivity contribution >= 4 is 23.0 Å². The highest BCUT2D eigenvalue weighted by atomic mass is 32.1. The van der Waals surface area contributed by atoms with Crippen LogP contribution in [0.3, 0.4) is 0 Å². The van der Waals surface area contributed by atoms with Crippen LogP contribution < -0.4 is 10.6 Å². The number of nitrogens with one attached hydrogen (secondary N) is 2. The molecule has 0 saturated heterocycles. The van der Waals surface area contributed by atoms with E-state index < -0.39 is 11.6 Å². The molecule has 0 unspecified atom stereocenters. The molecule has 0 bridgehead atoms. The summed E-state index contributed by atoms with van der Waals surface area (Å²) in [6.45, 7) is 6.03. The Bertz CT molecular complexity index is 684. The molecule has 0 radical (unpaired) electrons. The number of hydrogen-bond acceptors (Lipinski definition) is 1. The molecule has 0 fully saturated rings. The third-order valence-electron chi connectivity index (χ3n) is 3.61. The fraction of sp³-hybridized carbons (Fsp3) is 0.278. The second-order valence-electron chi connectivity index (χ2n) is 5.76. The first-order valence-electron chi connectivity index (χ1n) is 7.49. The first kappa shape index (κ1) is 17.3. The summed E-state index contributed by atoms with van der Waals surface area (Å²) in [6.07, 6.45) is 0. The number of thiocarbonyl (C=S) groups is 1. The summed E-state index contributed by atoms with van der Waals surface area (Å²) in [5.41, 5.74) is 2.47. The summed E-state index contributed by atoms with van der Waals surface area (Å²) in [6, 6.07) is 11.1. The molecule has 2 aromatic carbocycles. The van der Waals surface area contributed by atoms with Crippen molar-refractivity contribution in [1.29, 1.82) is 0 Å². The van der Waals surface area contributed by atoms with Crippen LogP contribution in [0.5, 0.6) is 0 Å². The van der Waals surface area contributed by atoms with Crippen molar-refractivity contribution in [2.24, 2.45) is 0 Å². The van der Waals surface area contributed by atoms with Gasteiger partial charge in [-0.25, -0.2) is 8.78 Å². The molecule has 0 aliphatic carbocycles. The summed E-state index contributed by atoms with van der Waals surface area (Å²) in [5, 5.41) is 6.45. The number of benzene rings is 2. The fourth-order valence-corrected chi connectivity index (χ4v) is 2.54. The smallest absolute Gasteiger partial charge is 0.171 e. The van der Waals surface area contributed by atoms with Gasteiger partial charge in [0.2, 0.25) is 0 Å². The molecule has 2 aromatic rings. The van der Waals surface area contributed by atoms with E-state index in [0.29, 0.717) is 16.6 Å². The Morgan fingerprint density at radius 1 is 1.00 bits per heavy atom. The van der Waals surface area contributed by atoms with Crippen LogP contribution in [-0.2, 0) is 0 Å². The van der Waals surface area contributed by atoms with Crippen LogP contribution in [0.2, 0.25) is 0 Å². The van der Waals surface area contributed by atoms with E-state index in [1.165, 1.54) is 17.7 Å². The highest BCUT2D eigenvalue weighted by Gasteiger charge is 2.12. The van der Waals surface area contributed by atoms with Crippen molar-refractivity contribution in [2.75, 3.05) is 5.32 Å². The molecule has 0 aliphatic rings. The van der Waals surface area contributed by atoms with Gasteiger partial charge in [-0.1, -0.05) is 32.0 Å². The fourth-order valence-electron chi connectivity index (χ4n) is 2.25. The van der Waals surface area contributed by atoms with Crippen LogP contribution in [0.15, 0.2) is 42.5 Å². The lowest BCUT2D eigenvalue weighted by Crippen LogP contribution is -2.31. The molecule has 2 N–H and O–H groups in total. The summed E-state index contributed by atoms with van der Waals surface area (Å²) >= 11 is 5.25. The zero-order chi connectivity index (χ0) is 17.0. The molecule has 23 heavy (non-hydrogen) atoms. The van der Waals surface area contributed by atoms with Crippen molar-refractivity contribution in [1.82, 2.24) is 5.32 Å². The van der Waals surface area contributed by atoms with Crippen LogP contribution in [0.25, 0.3) is 0 Å². The molecule has 0 amide bonds. The zero-order valence-corrected chi connectivity index (χ0v) is 14.2. The van der Waals surface area contributed by atoms with E-state index in [2.05, 4.69) is 24.5 Å². The van der Waals surface area contributed by atoms with Crippen LogP contribution in [0.1, 0.15) is 43.9 Å². The largest absolute Gasteiger partial charge is 0.356 e. The van der Waals surface area contributed by atoms with E-state index in [9.17, 15) is 8.78 Å². The molecule has 0 heterocycles. The van der Waals surface area contributed by atoms with E-state index in [1.807, 2.05) is 24.3 Å². The van der Waals surface area contributed by atoms with Gasteiger partial charge in [0.1, 0.15) is 11.6 Å². The third kappa shape index (κ3) is 4.73. The lowest BCUT2D eigenvalue weighted by atomic mass is 10.0. The van der Waals surface area contributed by atoms with Crippen LogP contribution >= 0.6 is 12.2 Å². The number of halogens is 2. The van der Waals surface area contributed by atoms with Gasteiger partial charge in [-0.05, 0) is 48.8 Å². The summed E-state index contributed by atoms with van der Waals surface area (Å²) < 4.78 is 26.7. The van der Waals surface area contributed by atoms with Gasteiger partial charge < -0.3 is 10.6 Å². The Morgan fingerprint density at radius 3 is 2.22 bits per heavy atom. The van der Waals surface area contributed by atoms with Crippen molar-refractivity contribution in [2.45, 2.75) is 32.7 Å². The second-order valence-corrected chi connectivity index (χ2v) is 6.17. The highest BCUT2D eigenvalue weighted by Crippen LogP contribution is 2.19. The first-order chi connectivity index (χ1) is 10.9. The monoisotopic (exact) mass is 334 g/mol. The van der Waals surface area contributed by atoms with Crippen LogP contribution in [0.4, 0.5) is 14.5 Å². The molecule has 0 spiro atoms. The molecule has 2 rings (SSSR count). The van der Waals surface area contributed by atoms with Gasteiger partial charge in [-0.3, -0.25) is 0 Å². The van der Waals surface area contributed by atoms with Crippen molar-refractivity contribution < 1.29 is 8.78 Å². The maximum atomic E-state index is 13.8. The van der Waals surface area contributed by atoms with Crippen molar-refractivity contribution in [3.05, 3.63) is 65.2 Å². The van der Waals surface area contributed by atoms with Gasteiger partial charge in [-0.2, -0.15) is 0 Å². The Kier molecular flexibility index (Phi) is 5.66. The average Bonchev–Trinajstić information content (AvgIpc) is 2.47. The van der Waals surface area contributed by atoms with E-state index >= 15 is 0 Å². The molecule has 0 aliphatic heterocycles. The Balaban J connectivity index is 1.98. The van der Waals surface area contributed by atoms with Crippen LogP contribution in [0, 0.1) is 11.6 Å². The number of anilines is 1. The Labute approximate surface area is 140 Å². The number of hydrogen-bond donors (Lipinski definition) is 2. The third-order valence-corrected chi connectivity index (χ3v) is 3.83. The van der Waals surface area contributed by atoms with Gasteiger partial charge in [-0.15, -0.1) is 0 Å². The Hall–Kier alpha value is -2.01. The van der Waals surface area contributed by atoms with Gasteiger partial charge in [0.25, 0.3) is 0 Å². The minimum absolute atomic E-state index is 0.366. The maximum Gasteiger partial charge on any atom is 0.171 e. The molecule has 122 valence electrons. The molecule has 0 saturated carbocycles. The lowest BCUT2D eigenvalue weighted by Gasteiger charge is -2.18. The SMILES string of the molecule is CC(C)c1ccc(NC(=S)N[C@@H](C)c2ccc(F)cc2F)cc1. The van der Waals surface area contributed by atoms with Crippen molar-refractivity contribution in [3.8, 4) is 0 Å². The standard InChI is InChI=1S/C18H20F2N2S/c1-11(2)13-4-7-15(8-5-13)22-18(23)21-12(3)16-9-6-14(19)10-17(16)20/h4-12H,1-3H3,(H2,21,22,23)/t12-/m0/s1. The number of rotatable bonds is 4. The van der Waals surface area contributed by atoms with E-state index in [-0.39, 0.29) is 6.04 Å². The quantitative estimate of drug-likeness (QED) is 0.758. The van der Waals surface area contributed by atoms with E-state index in [1.54, 1.807) is 6.92 Å². The van der Waals surface area contributed by atoms with E-state index in [4.69, 9.17) is 12.2 Å². The molecule has 1 atom stereocenters. The van der Waals surface area contributed by atoms with Gasteiger partial charge in [0, 0.05) is 17.3 Å². The average molecular weight is 334 g/mol. The zero-order valence-electron chi connectivity index (χ0n) is 13.4. The molecule has 0 aromatic heterocycles. The molecular formula is C18H20F2N2S. The molecule has 2 nitrogen and oxygen atoms in total. The van der Waals surface area contributed by atoms with Gasteiger partial charge in [0.15, 0.2) is 5.11 Å². The first-order valence-corrected chi connectivity index (χ1v) is 7.90. The summed E-state index contributed by atoms with van der Waals surface area (Å²) in [4.78, 5) is 0. The van der Waals surface area contributed by atoms with Crippen molar-refractivity contribution in [3.63, 3.8) is 0 Å². The van der Waals surface area contributed by atoms with E-state index in [0.717, 1.165) is 11.8 Å².